The molecule has 2 aliphatic heterocycles. The van der Waals surface area contributed by atoms with E-state index >= 15 is 0 Å². The molecule has 2 aromatic carbocycles. The number of hydrogen-bond acceptors (Lipinski definition) is 7. The molecule has 236 valence electrons. The highest BCUT2D eigenvalue weighted by molar-refractivity contribution is 6.07. The summed E-state index contributed by atoms with van der Waals surface area (Å²) in [6.07, 6.45) is 8.71. The maximum Gasteiger partial charge on any atom is 0.331 e. The molecule has 4 aliphatic carbocycles. The summed E-state index contributed by atoms with van der Waals surface area (Å²) in [4.78, 5) is 33.7. The Labute approximate surface area is 266 Å². The summed E-state index contributed by atoms with van der Waals surface area (Å²) in [5.41, 5.74) is 6.37. The van der Waals surface area contributed by atoms with E-state index in [1.807, 2.05) is 11.1 Å². The number of ether oxygens (including phenoxy) is 1. The number of carbonyl (C=O) groups is 1. The predicted molar refractivity (Wildman–Crippen MR) is 179 cm³/mol. The summed E-state index contributed by atoms with van der Waals surface area (Å²) in [6.45, 7) is 7.50. The third kappa shape index (κ3) is 4.95. The molecule has 45 heavy (non-hydrogen) atoms. The second kappa shape index (κ2) is 11.3. The minimum atomic E-state index is -0.157. The molecule has 1 saturated heterocycles. The number of benzene rings is 2. The van der Waals surface area contributed by atoms with Crippen LogP contribution in [0.5, 0.6) is 0 Å². The number of fused-ring (bicyclic) bond motifs is 1. The van der Waals surface area contributed by atoms with Gasteiger partial charge >= 0.3 is 6.03 Å². The molecular weight excluding hydrogens is 562 g/mol. The third-order valence-electron chi connectivity index (χ3n) is 11.5. The smallest absolute Gasteiger partial charge is 0.331 e. The van der Waals surface area contributed by atoms with Crippen LogP contribution in [0, 0.1) is 24.7 Å². The molecule has 9 nitrogen and oxygen atoms in total. The van der Waals surface area contributed by atoms with Crippen molar-refractivity contribution in [3.63, 3.8) is 0 Å². The summed E-state index contributed by atoms with van der Waals surface area (Å²) < 4.78 is 5.37. The number of piperazine rings is 1. The van der Waals surface area contributed by atoms with Crippen molar-refractivity contribution in [1.82, 2.24) is 14.9 Å². The fraction of sp³-hybridized carbons (Fsp3) is 0.528. The third-order valence-corrected chi connectivity index (χ3v) is 11.5. The van der Waals surface area contributed by atoms with Crippen LogP contribution in [0.25, 0.3) is 0 Å². The Bertz CT molecular complexity index is 1570. The van der Waals surface area contributed by atoms with Gasteiger partial charge in [0.1, 0.15) is 5.82 Å². The minimum Gasteiger partial charge on any atom is -0.384 e. The normalized spacial score (nSPS) is 27.4. The zero-order valence-corrected chi connectivity index (χ0v) is 26.8. The lowest BCUT2D eigenvalue weighted by Crippen LogP contribution is -2.60. The summed E-state index contributed by atoms with van der Waals surface area (Å²) in [5, 5.41) is 3.46. The van der Waals surface area contributed by atoms with Gasteiger partial charge in [-0.15, -0.1) is 0 Å². The maximum atomic E-state index is 14.8. The van der Waals surface area contributed by atoms with Crippen LogP contribution in [0.4, 0.5) is 33.6 Å². The maximum absolute atomic E-state index is 14.8. The van der Waals surface area contributed by atoms with E-state index in [0.29, 0.717) is 36.9 Å². The van der Waals surface area contributed by atoms with E-state index in [1.54, 1.807) is 7.11 Å². The van der Waals surface area contributed by atoms with Gasteiger partial charge in [0.2, 0.25) is 5.95 Å². The Morgan fingerprint density at radius 1 is 1.00 bits per heavy atom. The second-order valence-electron chi connectivity index (χ2n) is 14.2. The van der Waals surface area contributed by atoms with Crippen LogP contribution in [0.3, 0.4) is 0 Å². The zero-order chi connectivity index (χ0) is 30.7. The van der Waals surface area contributed by atoms with Gasteiger partial charge in [-0.05, 0) is 112 Å². The molecule has 2 unspecified atom stereocenters. The first-order chi connectivity index (χ1) is 21.9. The van der Waals surface area contributed by atoms with Gasteiger partial charge in [0.25, 0.3) is 0 Å². The molecule has 3 aromatic rings. The number of aromatic nitrogens is 2. The number of anilines is 5. The standard InChI is InChI=1S/C36H45N7O2/c1-24-27(11-16-45-3)5-4-6-32(24)42-23-28-22-37-34(38-30-7-9-31(10-8-30)41-14-12-40(2)13-15-41)39-33(28)43(35(42)44)36-20-25-17-26(21-36)19-29(36)18-25/h4-10,22,25-26,29H,11-21,23H2,1-3H3,(H,37,38,39). The van der Waals surface area contributed by atoms with Crippen LogP contribution < -0.4 is 20.0 Å². The predicted octanol–water partition coefficient (Wildman–Crippen LogP) is 5.99. The summed E-state index contributed by atoms with van der Waals surface area (Å²) in [7, 11) is 3.92. The van der Waals surface area contributed by atoms with E-state index < -0.39 is 0 Å². The van der Waals surface area contributed by atoms with Gasteiger partial charge in [0, 0.05) is 62.1 Å². The van der Waals surface area contributed by atoms with Gasteiger partial charge in [-0.3, -0.25) is 9.80 Å². The van der Waals surface area contributed by atoms with Crippen molar-refractivity contribution in [2.24, 2.45) is 17.8 Å². The molecule has 0 spiro atoms. The highest BCUT2D eigenvalue weighted by atomic mass is 16.5. The fourth-order valence-corrected chi connectivity index (χ4v) is 9.32. The van der Waals surface area contributed by atoms with Crippen molar-refractivity contribution in [3.05, 3.63) is 65.4 Å². The molecule has 9 heteroatoms. The van der Waals surface area contributed by atoms with E-state index in [2.05, 4.69) is 76.5 Å². The van der Waals surface area contributed by atoms with Crippen molar-refractivity contribution >= 4 is 34.9 Å². The lowest BCUT2D eigenvalue weighted by molar-refractivity contribution is 0.202. The monoisotopic (exact) mass is 607 g/mol. The molecule has 2 amide bonds. The fourth-order valence-electron chi connectivity index (χ4n) is 9.32. The average Bonchev–Trinajstić information content (AvgIpc) is 3.44. The van der Waals surface area contributed by atoms with Gasteiger partial charge in [-0.2, -0.15) is 4.98 Å². The highest BCUT2D eigenvalue weighted by Gasteiger charge is 2.63. The minimum absolute atomic E-state index is 0.0591. The molecule has 2 atom stereocenters. The van der Waals surface area contributed by atoms with Crippen LogP contribution in [-0.2, 0) is 17.7 Å². The van der Waals surface area contributed by atoms with Crippen LogP contribution in [-0.4, -0.2) is 73.4 Å². The zero-order valence-electron chi connectivity index (χ0n) is 26.8. The molecule has 4 saturated carbocycles. The largest absolute Gasteiger partial charge is 0.384 e. The lowest BCUT2D eigenvalue weighted by Gasteiger charge is -2.48. The number of rotatable bonds is 8. The lowest BCUT2D eigenvalue weighted by atomic mass is 9.79. The molecule has 1 aromatic heterocycles. The van der Waals surface area contributed by atoms with Crippen LogP contribution >= 0.6 is 0 Å². The first-order valence-electron chi connectivity index (χ1n) is 16.8. The molecule has 0 radical (unpaired) electrons. The summed E-state index contributed by atoms with van der Waals surface area (Å²) >= 11 is 0. The summed E-state index contributed by atoms with van der Waals surface area (Å²) in [6, 6.07) is 14.9. The van der Waals surface area contributed by atoms with Crippen molar-refractivity contribution in [1.29, 1.82) is 0 Å². The molecule has 3 heterocycles. The first-order valence-corrected chi connectivity index (χ1v) is 16.8. The first kappa shape index (κ1) is 28.8. The van der Waals surface area contributed by atoms with Gasteiger partial charge in [-0.1, -0.05) is 12.1 Å². The topological polar surface area (TPSA) is 77.1 Å². The van der Waals surface area contributed by atoms with Crippen molar-refractivity contribution in [2.75, 3.05) is 67.0 Å². The number of urea groups is 1. The molecule has 1 N–H and O–H groups in total. The molecule has 5 fully saturated rings. The highest BCUT2D eigenvalue weighted by Crippen LogP contribution is 2.64. The number of nitrogens with zero attached hydrogens (tertiary/aromatic N) is 6. The van der Waals surface area contributed by atoms with Gasteiger partial charge in [-0.25, -0.2) is 9.78 Å². The molecular formula is C36H45N7O2. The van der Waals surface area contributed by atoms with Gasteiger partial charge < -0.3 is 19.9 Å². The van der Waals surface area contributed by atoms with E-state index in [9.17, 15) is 4.79 Å². The van der Waals surface area contributed by atoms with Crippen LogP contribution in [0.15, 0.2) is 48.7 Å². The van der Waals surface area contributed by atoms with Crippen molar-refractivity contribution < 1.29 is 9.53 Å². The van der Waals surface area contributed by atoms with E-state index in [-0.39, 0.29) is 11.6 Å². The molecule has 9 rings (SSSR count). The van der Waals surface area contributed by atoms with Crippen molar-refractivity contribution in [3.8, 4) is 0 Å². The Morgan fingerprint density at radius 2 is 1.76 bits per heavy atom. The average molecular weight is 608 g/mol. The Hall–Kier alpha value is -3.69. The van der Waals surface area contributed by atoms with Crippen LogP contribution in [0.1, 0.15) is 48.8 Å². The molecule has 4 bridgehead atoms. The van der Waals surface area contributed by atoms with E-state index in [0.717, 1.165) is 73.8 Å². The number of amides is 2. The van der Waals surface area contributed by atoms with Crippen LogP contribution in [0.2, 0.25) is 0 Å². The number of likely N-dealkylation sites (N-methyl/N-ethyl adjacent to an activating group) is 1. The van der Waals surface area contributed by atoms with Gasteiger partial charge in [0.05, 0.1) is 18.7 Å². The number of carbonyl (C=O) groups excluding carboxylic acids is 1. The Morgan fingerprint density at radius 3 is 2.49 bits per heavy atom. The Balaban J connectivity index is 1.12. The van der Waals surface area contributed by atoms with E-state index in [4.69, 9.17) is 14.7 Å². The summed E-state index contributed by atoms with van der Waals surface area (Å²) in [5.74, 6) is 3.31. The Kier molecular flexibility index (Phi) is 7.21. The number of methoxy groups -OCH3 is 1. The van der Waals surface area contributed by atoms with E-state index in [1.165, 1.54) is 30.5 Å². The number of nitrogens with one attached hydrogen (secondary N) is 1. The van der Waals surface area contributed by atoms with Gasteiger partial charge in [0.15, 0.2) is 0 Å². The quantitative estimate of drug-likeness (QED) is 0.337. The second-order valence-corrected chi connectivity index (χ2v) is 14.2. The number of hydrogen-bond donors (Lipinski definition) is 1. The molecule has 6 aliphatic rings. The SMILES string of the molecule is COCCc1cccc(N2Cc3cnc(Nc4ccc(N5CCN(C)CC5)cc4)nc3N(C34CC5CC(CC3C5)C4)C2=O)c1C. The van der Waals surface area contributed by atoms with Crippen molar-refractivity contribution in [2.45, 2.75) is 57.5 Å².